The first-order chi connectivity index (χ1) is 14.9. The van der Waals surface area contributed by atoms with E-state index in [9.17, 15) is 14.4 Å². The van der Waals surface area contributed by atoms with E-state index >= 15 is 0 Å². The number of nitrogens with one attached hydrogen (secondary N) is 2. The van der Waals surface area contributed by atoms with Crippen LogP contribution in [-0.2, 0) is 15.1 Å². The lowest BCUT2D eigenvalue weighted by Crippen LogP contribution is -2.48. The molecule has 0 spiro atoms. The molecule has 7 nitrogen and oxygen atoms in total. The van der Waals surface area contributed by atoms with Crippen LogP contribution >= 0.6 is 0 Å². The van der Waals surface area contributed by atoms with Crippen molar-refractivity contribution in [1.29, 1.82) is 0 Å². The Morgan fingerprint density at radius 2 is 1.81 bits per heavy atom. The van der Waals surface area contributed by atoms with E-state index in [-0.39, 0.29) is 18.4 Å². The molecule has 2 saturated heterocycles. The molecule has 3 aliphatic rings. The smallest absolute Gasteiger partial charge is 0.325 e. The fourth-order valence-electron chi connectivity index (χ4n) is 5.32. The summed E-state index contributed by atoms with van der Waals surface area (Å²) in [6, 6.07) is 7.98. The number of hydrogen-bond acceptors (Lipinski definition) is 4. The van der Waals surface area contributed by atoms with Crippen molar-refractivity contribution in [1.82, 2.24) is 20.4 Å². The first-order valence-electron chi connectivity index (χ1n) is 11.6. The Morgan fingerprint density at radius 1 is 1.10 bits per heavy atom. The maximum Gasteiger partial charge on any atom is 0.325 e. The Morgan fingerprint density at radius 3 is 2.52 bits per heavy atom. The van der Waals surface area contributed by atoms with Gasteiger partial charge in [0.25, 0.3) is 5.91 Å². The van der Waals surface area contributed by atoms with Crippen molar-refractivity contribution in [2.45, 2.75) is 76.4 Å². The minimum atomic E-state index is -1.14. The molecule has 0 radical (unpaired) electrons. The number of amides is 4. The van der Waals surface area contributed by atoms with Gasteiger partial charge in [0.1, 0.15) is 12.1 Å². The number of likely N-dealkylation sites (tertiary alicyclic amines) is 1. The molecule has 1 aromatic carbocycles. The summed E-state index contributed by atoms with van der Waals surface area (Å²) in [5.41, 5.74) is 0.650. The lowest BCUT2D eigenvalue weighted by molar-refractivity contribution is -0.134. The second-order valence-corrected chi connectivity index (χ2v) is 9.44. The Hall–Kier alpha value is -2.41. The average Bonchev–Trinajstić information content (AvgIpc) is 3.32. The molecular formula is C24H34N4O3. The molecule has 1 saturated carbocycles. The van der Waals surface area contributed by atoms with Crippen molar-refractivity contribution in [3.05, 3.63) is 35.4 Å². The molecule has 31 heavy (non-hydrogen) atoms. The quantitative estimate of drug-likeness (QED) is 0.686. The molecule has 0 aromatic heterocycles. The third-order valence-corrected chi connectivity index (χ3v) is 7.21. The molecule has 4 rings (SSSR count). The zero-order chi connectivity index (χ0) is 22.0. The minimum absolute atomic E-state index is 0.248. The van der Waals surface area contributed by atoms with Gasteiger partial charge in [0, 0.05) is 18.6 Å². The number of benzene rings is 1. The van der Waals surface area contributed by atoms with Crippen molar-refractivity contribution in [3.8, 4) is 0 Å². The summed E-state index contributed by atoms with van der Waals surface area (Å²) in [5.74, 6) is -0.673. The van der Waals surface area contributed by atoms with Gasteiger partial charge in [0.15, 0.2) is 0 Å². The molecule has 2 atom stereocenters. The highest BCUT2D eigenvalue weighted by Gasteiger charge is 2.49. The number of carbonyl (C=O) groups excluding carboxylic acids is 3. The second-order valence-electron chi connectivity index (χ2n) is 9.44. The first kappa shape index (κ1) is 21.8. The summed E-state index contributed by atoms with van der Waals surface area (Å²) in [4.78, 5) is 41.8. The number of rotatable bonds is 6. The number of carbonyl (C=O) groups is 3. The topological polar surface area (TPSA) is 81.8 Å². The van der Waals surface area contributed by atoms with Crippen LogP contribution in [-0.4, -0.2) is 59.4 Å². The number of nitrogens with zero attached hydrogens (tertiary/aromatic N) is 2. The summed E-state index contributed by atoms with van der Waals surface area (Å²) in [6.07, 6.45) is 8.69. The van der Waals surface area contributed by atoms with Gasteiger partial charge in [0.2, 0.25) is 5.91 Å². The summed E-state index contributed by atoms with van der Waals surface area (Å²) >= 11 is 0. The SMILES string of the molecule is Cc1ccc([C@@]2(C)NC(=O)N(CC(=O)NC[C@@H]3CCCN3C3CCCCC3)C2=O)cc1. The third-order valence-electron chi connectivity index (χ3n) is 7.21. The first-order valence-corrected chi connectivity index (χ1v) is 11.6. The van der Waals surface area contributed by atoms with E-state index in [1.165, 1.54) is 38.5 Å². The largest absolute Gasteiger partial charge is 0.353 e. The molecule has 3 fully saturated rings. The van der Waals surface area contributed by atoms with Gasteiger partial charge in [0.05, 0.1) is 0 Å². The van der Waals surface area contributed by atoms with Gasteiger partial charge in [-0.1, -0.05) is 49.1 Å². The van der Waals surface area contributed by atoms with Crippen molar-refractivity contribution in [2.75, 3.05) is 19.6 Å². The highest BCUT2D eigenvalue weighted by molar-refractivity contribution is 6.09. The number of imide groups is 1. The van der Waals surface area contributed by atoms with Crippen LogP contribution in [0.15, 0.2) is 24.3 Å². The van der Waals surface area contributed by atoms with Crippen LogP contribution in [0, 0.1) is 6.92 Å². The van der Waals surface area contributed by atoms with Gasteiger partial charge in [-0.05, 0) is 51.6 Å². The van der Waals surface area contributed by atoms with Gasteiger partial charge >= 0.3 is 6.03 Å². The van der Waals surface area contributed by atoms with Crippen molar-refractivity contribution in [3.63, 3.8) is 0 Å². The maximum atomic E-state index is 13.0. The molecular weight excluding hydrogens is 392 g/mol. The highest BCUT2D eigenvalue weighted by atomic mass is 16.2. The van der Waals surface area contributed by atoms with Gasteiger partial charge in [-0.3, -0.25) is 19.4 Å². The Balaban J connectivity index is 1.33. The van der Waals surface area contributed by atoms with Gasteiger partial charge < -0.3 is 10.6 Å². The van der Waals surface area contributed by atoms with E-state index in [1.54, 1.807) is 6.92 Å². The van der Waals surface area contributed by atoms with E-state index in [1.807, 2.05) is 31.2 Å². The lowest BCUT2D eigenvalue weighted by atomic mass is 9.91. The third kappa shape index (κ3) is 4.47. The number of urea groups is 1. The molecule has 4 amide bonds. The highest BCUT2D eigenvalue weighted by Crippen LogP contribution is 2.30. The van der Waals surface area contributed by atoms with Crippen LogP contribution in [0.2, 0.25) is 0 Å². The summed E-state index contributed by atoms with van der Waals surface area (Å²) in [6.45, 7) is 5.09. The molecule has 2 N–H and O–H groups in total. The Labute approximate surface area is 184 Å². The molecule has 1 aromatic rings. The lowest BCUT2D eigenvalue weighted by Gasteiger charge is -2.35. The van der Waals surface area contributed by atoms with Crippen LogP contribution in [0.1, 0.15) is 63.0 Å². The Kier molecular flexibility index (Phi) is 6.32. The maximum absolute atomic E-state index is 13.0. The summed E-state index contributed by atoms with van der Waals surface area (Å²) in [5, 5.41) is 5.75. The summed E-state index contributed by atoms with van der Waals surface area (Å²) < 4.78 is 0. The fourth-order valence-corrected chi connectivity index (χ4v) is 5.32. The molecule has 2 heterocycles. The molecule has 1 aliphatic carbocycles. The van der Waals surface area contributed by atoms with E-state index < -0.39 is 11.6 Å². The van der Waals surface area contributed by atoms with E-state index in [0.717, 1.165) is 23.4 Å². The van der Waals surface area contributed by atoms with E-state index in [2.05, 4.69) is 15.5 Å². The number of aryl methyl sites for hydroxylation is 1. The van der Waals surface area contributed by atoms with Gasteiger partial charge in [-0.15, -0.1) is 0 Å². The monoisotopic (exact) mass is 426 g/mol. The van der Waals surface area contributed by atoms with Crippen molar-refractivity contribution >= 4 is 17.8 Å². The molecule has 0 unspecified atom stereocenters. The van der Waals surface area contributed by atoms with Gasteiger partial charge in [-0.2, -0.15) is 0 Å². The van der Waals surface area contributed by atoms with Crippen LogP contribution in [0.4, 0.5) is 4.79 Å². The predicted molar refractivity (Wildman–Crippen MR) is 118 cm³/mol. The predicted octanol–water partition coefficient (Wildman–Crippen LogP) is 2.68. The van der Waals surface area contributed by atoms with Crippen LogP contribution in [0.5, 0.6) is 0 Å². The van der Waals surface area contributed by atoms with E-state index in [4.69, 9.17) is 0 Å². The zero-order valence-electron chi connectivity index (χ0n) is 18.7. The molecule has 2 aliphatic heterocycles. The molecule has 7 heteroatoms. The zero-order valence-corrected chi connectivity index (χ0v) is 18.7. The molecule has 0 bridgehead atoms. The minimum Gasteiger partial charge on any atom is -0.353 e. The van der Waals surface area contributed by atoms with E-state index in [0.29, 0.717) is 24.2 Å². The van der Waals surface area contributed by atoms with Crippen LogP contribution in [0.25, 0.3) is 0 Å². The standard InChI is InChI=1S/C24H34N4O3/c1-17-10-12-18(13-11-17)24(2)22(30)28(23(31)26-24)16-21(29)25-15-20-9-6-14-27(20)19-7-4-3-5-8-19/h10-13,19-20H,3-9,14-16H2,1-2H3,(H,25,29)(H,26,31)/t20-,24+/m0/s1. The second kappa shape index (κ2) is 8.99. The Bertz CT molecular complexity index is 834. The normalized spacial score (nSPS) is 27.5. The average molecular weight is 427 g/mol. The summed E-state index contributed by atoms with van der Waals surface area (Å²) in [7, 11) is 0. The van der Waals surface area contributed by atoms with Crippen LogP contribution in [0.3, 0.4) is 0 Å². The molecule has 168 valence electrons. The van der Waals surface area contributed by atoms with Gasteiger partial charge in [-0.25, -0.2) is 4.79 Å². The van der Waals surface area contributed by atoms with Crippen molar-refractivity contribution in [2.24, 2.45) is 0 Å². The van der Waals surface area contributed by atoms with Crippen LogP contribution < -0.4 is 10.6 Å². The fraction of sp³-hybridized carbons (Fsp3) is 0.625. The van der Waals surface area contributed by atoms with Crippen molar-refractivity contribution < 1.29 is 14.4 Å². The number of hydrogen-bond donors (Lipinski definition) is 2.